The van der Waals surface area contributed by atoms with E-state index in [1.165, 1.54) is 0 Å². The molecule has 2 nitrogen and oxygen atoms in total. The third-order valence-corrected chi connectivity index (χ3v) is 1.93. The van der Waals surface area contributed by atoms with Gasteiger partial charge < -0.3 is 5.11 Å². The summed E-state index contributed by atoms with van der Waals surface area (Å²) in [5.41, 5.74) is 0.387. The molecule has 0 radical (unpaired) electrons. The smallest absolute Gasteiger partial charge is 0.335 e. The van der Waals surface area contributed by atoms with Crippen LogP contribution in [-0.2, 0) is 4.79 Å². The lowest BCUT2D eigenvalue weighted by Gasteiger charge is -2.04. The largest absolute Gasteiger partial charge is 0.478 e. The minimum atomic E-state index is -0.850. The number of carbonyl (C=O) groups is 1. The molecular weight excluding hydrogens is 196 g/mol. The van der Waals surface area contributed by atoms with Crippen molar-refractivity contribution in [3.05, 3.63) is 22.2 Å². The van der Waals surface area contributed by atoms with E-state index in [-0.39, 0.29) is 0 Å². The van der Waals surface area contributed by atoms with Gasteiger partial charge in [0.2, 0.25) is 0 Å². The molecule has 0 amide bonds. The molecule has 0 aromatic heterocycles. The van der Waals surface area contributed by atoms with Crippen molar-refractivity contribution in [2.75, 3.05) is 0 Å². The number of rotatable bonds is 1. The first-order valence-electron chi connectivity index (χ1n) is 2.99. The van der Waals surface area contributed by atoms with Gasteiger partial charge in [-0.1, -0.05) is 22.0 Å². The molecule has 3 heteroatoms. The summed E-state index contributed by atoms with van der Waals surface area (Å²) < 4.78 is 0.965. The van der Waals surface area contributed by atoms with E-state index in [4.69, 9.17) is 5.11 Å². The molecule has 1 aliphatic carbocycles. The number of allylic oxidation sites excluding steroid dienone is 2. The van der Waals surface area contributed by atoms with Crippen LogP contribution < -0.4 is 0 Å². The van der Waals surface area contributed by atoms with Crippen LogP contribution in [0.15, 0.2) is 22.2 Å². The van der Waals surface area contributed by atoms with Crippen molar-refractivity contribution < 1.29 is 9.90 Å². The van der Waals surface area contributed by atoms with Crippen LogP contribution in [0, 0.1) is 0 Å². The Balaban J connectivity index is 2.79. The average molecular weight is 203 g/mol. The topological polar surface area (TPSA) is 37.3 Å². The molecule has 0 saturated carbocycles. The summed E-state index contributed by atoms with van der Waals surface area (Å²) in [5.74, 6) is -0.850. The zero-order valence-electron chi connectivity index (χ0n) is 5.30. The van der Waals surface area contributed by atoms with Crippen molar-refractivity contribution in [1.82, 2.24) is 0 Å². The Morgan fingerprint density at radius 3 is 2.80 bits per heavy atom. The molecule has 54 valence electrons. The Labute approximate surface area is 67.4 Å². The third-order valence-electron chi connectivity index (χ3n) is 1.31. The Kier molecular flexibility index (Phi) is 2.27. The second-order valence-electron chi connectivity index (χ2n) is 2.09. The molecule has 0 fully saturated rings. The lowest BCUT2D eigenvalue weighted by Crippen LogP contribution is -2.00. The highest BCUT2D eigenvalue weighted by molar-refractivity contribution is 9.11. The standard InChI is InChI=1S/C7H7BrO2/c8-6-3-1-2-5(4-6)7(9)10/h2,4H,1,3H2,(H,9,10). The van der Waals surface area contributed by atoms with Gasteiger partial charge in [0.25, 0.3) is 0 Å². The van der Waals surface area contributed by atoms with Gasteiger partial charge in [0.15, 0.2) is 0 Å². The summed E-state index contributed by atoms with van der Waals surface area (Å²) in [6.45, 7) is 0. The highest BCUT2D eigenvalue weighted by Crippen LogP contribution is 2.21. The van der Waals surface area contributed by atoms with Crippen molar-refractivity contribution in [2.24, 2.45) is 0 Å². The van der Waals surface area contributed by atoms with Crippen LogP contribution in [0.25, 0.3) is 0 Å². The van der Waals surface area contributed by atoms with E-state index in [2.05, 4.69) is 15.9 Å². The van der Waals surface area contributed by atoms with Gasteiger partial charge in [-0.2, -0.15) is 0 Å². The maximum atomic E-state index is 10.4. The first-order chi connectivity index (χ1) is 4.70. The summed E-state index contributed by atoms with van der Waals surface area (Å²) in [6.07, 6.45) is 5.11. The summed E-state index contributed by atoms with van der Waals surface area (Å²) in [5, 5.41) is 8.52. The molecule has 0 unspecified atom stereocenters. The first-order valence-corrected chi connectivity index (χ1v) is 3.79. The highest BCUT2D eigenvalue weighted by Gasteiger charge is 2.08. The predicted molar refractivity (Wildman–Crippen MR) is 42.0 cm³/mol. The van der Waals surface area contributed by atoms with Gasteiger partial charge in [0.05, 0.1) is 5.57 Å². The maximum Gasteiger partial charge on any atom is 0.335 e. The zero-order valence-corrected chi connectivity index (χ0v) is 6.89. The van der Waals surface area contributed by atoms with Gasteiger partial charge >= 0.3 is 5.97 Å². The van der Waals surface area contributed by atoms with Crippen LogP contribution in [0.4, 0.5) is 0 Å². The van der Waals surface area contributed by atoms with Gasteiger partial charge in [0.1, 0.15) is 0 Å². The third kappa shape index (κ3) is 1.70. The molecule has 0 bridgehead atoms. The molecule has 1 rings (SSSR count). The monoisotopic (exact) mass is 202 g/mol. The van der Waals surface area contributed by atoms with Crippen molar-refractivity contribution in [2.45, 2.75) is 12.8 Å². The van der Waals surface area contributed by atoms with Gasteiger partial charge in [-0.15, -0.1) is 0 Å². The van der Waals surface area contributed by atoms with E-state index in [9.17, 15) is 4.79 Å². The number of aliphatic carboxylic acids is 1. The molecule has 1 N–H and O–H groups in total. The van der Waals surface area contributed by atoms with E-state index in [0.717, 1.165) is 17.3 Å². The van der Waals surface area contributed by atoms with Gasteiger partial charge in [0, 0.05) is 0 Å². The summed E-state index contributed by atoms with van der Waals surface area (Å²) in [7, 11) is 0. The molecule has 0 spiro atoms. The van der Waals surface area contributed by atoms with Gasteiger partial charge in [-0.25, -0.2) is 4.79 Å². The Hall–Kier alpha value is -0.570. The molecule has 0 saturated heterocycles. The lowest BCUT2D eigenvalue weighted by atomic mass is 10.1. The molecule has 10 heavy (non-hydrogen) atoms. The van der Waals surface area contributed by atoms with Crippen molar-refractivity contribution in [3.63, 3.8) is 0 Å². The quantitative estimate of drug-likeness (QED) is 0.708. The van der Waals surface area contributed by atoms with E-state index >= 15 is 0 Å². The Morgan fingerprint density at radius 2 is 2.40 bits per heavy atom. The second-order valence-corrected chi connectivity index (χ2v) is 3.11. The fraction of sp³-hybridized carbons (Fsp3) is 0.286. The summed E-state index contributed by atoms with van der Waals surface area (Å²) >= 11 is 3.25. The number of carboxylic acids is 1. The van der Waals surface area contributed by atoms with E-state index in [0.29, 0.717) is 5.57 Å². The summed E-state index contributed by atoms with van der Waals surface area (Å²) in [4.78, 5) is 10.4. The van der Waals surface area contributed by atoms with E-state index < -0.39 is 5.97 Å². The number of hydrogen-bond donors (Lipinski definition) is 1. The van der Waals surface area contributed by atoms with Gasteiger partial charge in [-0.05, 0) is 23.4 Å². The zero-order chi connectivity index (χ0) is 7.56. The van der Waals surface area contributed by atoms with Crippen LogP contribution >= 0.6 is 15.9 Å². The van der Waals surface area contributed by atoms with Crippen LogP contribution in [0.5, 0.6) is 0 Å². The van der Waals surface area contributed by atoms with Crippen LogP contribution in [0.1, 0.15) is 12.8 Å². The molecular formula is C7H7BrO2. The maximum absolute atomic E-state index is 10.4. The molecule has 0 heterocycles. The van der Waals surface area contributed by atoms with Crippen LogP contribution in [-0.4, -0.2) is 11.1 Å². The Bertz CT molecular complexity index is 216. The number of halogens is 1. The average Bonchev–Trinajstić information content (AvgIpc) is 1.88. The number of hydrogen-bond acceptors (Lipinski definition) is 1. The van der Waals surface area contributed by atoms with E-state index in [1.807, 2.05) is 0 Å². The predicted octanol–water partition coefficient (Wildman–Crippen LogP) is 2.07. The molecule has 0 aromatic rings. The SMILES string of the molecule is O=C(O)C1=CCCC(Br)=C1. The van der Waals surface area contributed by atoms with Gasteiger partial charge in [-0.3, -0.25) is 0 Å². The number of carboxylic acid groups (broad SMARTS) is 1. The molecule has 0 aromatic carbocycles. The van der Waals surface area contributed by atoms with E-state index in [1.54, 1.807) is 12.2 Å². The molecule has 1 aliphatic rings. The Morgan fingerprint density at radius 1 is 1.70 bits per heavy atom. The van der Waals surface area contributed by atoms with Crippen molar-refractivity contribution >= 4 is 21.9 Å². The summed E-state index contributed by atoms with van der Waals surface area (Å²) in [6, 6.07) is 0. The normalized spacial score (nSPS) is 17.7. The fourth-order valence-electron chi connectivity index (χ4n) is 0.814. The lowest BCUT2D eigenvalue weighted by molar-refractivity contribution is -0.132. The minimum absolute atomic E-state index is 0.387. The fourth-order valence-corrected chi connectivity index (χ4v) is 1.29. The highest BCUT2D eigenvalue weighted by atomic mass is 79.9. The van der Waals surface area contributed by atoms with Crippen molar-refractivity contribution in [3.8, 4) is 0 Å². The minimum Gasteiger partial charge on any atom is -0.478 e. The van der Waals surface area contributed by atoms with Crippen LogP contribution in [0.3, 0.4) is 0 Å². The molecule has 0 aliphatic heterocycles. The second kappa shape index (κ2) is 3.01. The van der Waals surface area contributed by atoms with Crippen LogP contribution in [0.2, 0.25) is 0 Å². The van der Waals surface area contributed by atoms with Crippen molar-refractivity contribution in [1.29, 1.82) is 0 Å². The molecule has 0 atom stereocenters. The first kappa shape index (κ1) is 7.54.